The summed E-state index contributed by atoms with van der Waals surface area (Å²) in [6.07, 6.45) is 1.49. The normalized spacial score (nSPS) is 11.1. The number of rotatable bonds is 3. The standard InChI is InChI=1S/C14H14N4O2/c1-2-18-12-6-4-3-5-10(12)11(16-18)9-17-8-7-13(19)15-14(17)20/h3-8H,2,9H2,1H3,(H,15,19,20). The van der Waals surface area contributed by atoms with E-state index in [-0.39, 0.29) is 0 Å². The Balaban J connectivity index is 2.11. The molecule has 2 aromatic heterocycles. The molecule has 3 rings (SSSR count). The number of hydrogen-bond acceptors (Lipinski definition) is 3. The summed E-state index contributed by atoms with van der Waals surface area (Å²) in [5, 5.41) is 5.55. The first-order chi connectivity index (χ1) is 9.69. The molecule has 1 N–H and O–H groups in total. The quantitative estimate of drug-likeness (QED) is 0.770. The van der Waals surface area contributed by atoms with E-state index in [0.717, 1.165) is 23.1 Å². The van der Waals surface area contributed by atoms with Gasteiger partial charge in [-0.3, -0.25) is 19.0 Å². The summed E-state index contributed by atoms with van der Waals surface area (Å²) in [7, 11) is 0. The van der Waals surface area contributed by atoms with Gasteiger partial charge in [0, 0.05) is 24.2 Å². The summed E-state index contributed by atoms with van der Waals surface area (Å²) in [5.41, 5.74) is 1.04. The smallest absolute Gasteiger partial charge is 0.295 e. The van der Waals surface area contributed by atoms with Gasteiger partial charge in [0.1, 0.15) is 0 Å². The van der Waals surface area contributed by atoms with E-state index in [0.29, 0.717) is 6.54 Å². The highest BCUT2D eigenvalue weighted by Crippen LogP contribution is 2.18. The molecule has 0 aliphatic rings. The van der Waals surface area contributed by atoms with Gasteiger partial charge in [-0.1, -0.05) is 18.2 Å². The Morgan fingerprint density at radius 3 is 2.75 bits per heavy atom. The van der Waals surface area contributed by atoms with E-state index in [1.165, 1.54) is 16.8 Å². The van der Waals surface area contributed by atoms with Crippen LogP contribution in [-0.4, -0.2) is 19.3 Å². The molecule has 0 atom stereocenters. The van der Waals surface area contributed by atoms with Crippen molar-refractivity contribution in [2.24, 2.45) is 0 Å². The third-order valence-corrected chi connectivity index (χ3v) is 3.25. The number of para-hydroxylation sites is 1. The van der Waals surface area contributed by atoms with E-state index >= 15 is 0 Å². The van der Waals surface area contributed by atoms with E-state index in [1.807, 2.05) is 35.9 Å². The van der Waals surface area contributed by atoms with Crippen LogP contribution >= 0.6 is 0 Å². The first kappa shape index (κ1) is 12.4. The molecule has 102 valence electrons. The van der Waals surface area contributed by atoms with Crippen LogP contribution in [0.5, 0.6) is 0 Å². The lowest BCUT2D eigenvalue weighted by molar-refractivity contribution is 0.641. The van der Waals surface area contributed by atoms with Crippen LogP contribution in [0.4, 0.5) is 0 Å². The number of aromatic amines is 1. The number of fused-ring (bicyclic) bond motifs is 1. The molecule has 6 heteroatoms. The van der Waals surface area contributed by atoms with Crippen LogP contribution in [0.25, 0.3) is 10.9 Å². The Labute approximate surface area is 114 Å². The van der Waals surface area contributed by atoms with Gasteiger partial charge in [-0.2, -0.15) is 5.10 Å². The fourth-order valence-corrected chi connectivity index (χ4v) is 2.28. The highest BCUT2D eigenvalue weighted by atomic mass is 16.2. The monoisotopic (exact) mass is 270 g/mol. The van der Waals surface area contributed by atoms with E-state index < -0.39 is 11.2 Å². The first-order valence-electron chi connectivity index (χ1n) is 6.43. The zero-order valence-corrected chi connectivity index (χ0v) is 11.0. The summed E-state index contributed by atoms with van der Waals surface area (Å²) in [4.78, 5) is 25.0. The molecule has 0 fully saturated rings. The number of nitrogens with one attached hydrogen (secondary N) is 1. The molecule has 1 aromatic carbocycles. The van der Waals surface area contributed by atoms with Gasteiger partial charge in [0.15, 0.2) is 0 Å². The molecule has 2 heterocycles. The van der Waals surface area contributed by atoms with Crippen molar-refractivity contribution in [3.05, 3.63) is 63.1 Å². The lowest BCUT2D eigenvalue weighted by Crippen LogP contribution is -2.29. The van der Waals surface area contributed by atoms with Crippen molar-refractivity contribution < 1.29 is 0 Å². The number of benzene rings is 1. The van der Waals surface area contributed by atoms with Gasteiger partial charge in [0.05, 0.1) is 17.8 Å². The minimum Gasteiger partial charge on any atom is -0.295 e. The summed E-state index contributed by atoms with van der Waals surface area (Å²) in [6, 6.07) is 9.24. The minimum absolute atomic E-state index is 0.336. The molecule has 0 saturated heterocycles. The topological polar surface area (TPSA) is 72.7 Å². The molecule has 0 aliphatic heterocycles. The van der Waals surface area contributed by atoms with Gasteiger partial charge in [-0.15, -0.1) is 0 Å². The Bertz CT molecular complexity index is 873. The van der Waals surface area contributed by atoms with E-state index in [2.05, 4.69) is 10.1 Å². The van der Waals surface area contributed by atoms with Crippen molar-refractivity contribution in [1.29, 1.82) is 0 Å². The van der Waals surface area contributed by atoms with Crippen molar-refractivity contribution in [2.75, 3.05) is 0 Å². The van der Waals surface area contributed by atoms with Crippen molar-refractivity contribution in [3.63, 3.8) is 0 Å². The molecular formula is C14H14N4O2. The molecule has 0 aliphatic carbocycles. The lowest BCUT2D eigenvalue weighted by Gasteiger charge is -2.01. The average molecular weight is 270 g/mol. The van der Waals surface area contributed by atoms with E-state index in [9.17, 15) is 9.59 Å². The fourth-order valence-electron chi connectivity index (χ4n) is 2.28. The SMILES string of the molecule is CCn1nc(Cn2ccc(=O)[nH]c2=O)c2ccccc21. The molecule has 0 spiro atoms. The van der Waals surface area contributed by atoms with Gasteiger partial charge in [-0.05, 0) is 13.0 Å². The molecule has 0 saturated carbocycles. The fraction of sp³-hybridized carbons (Fsp3) is 0.214. The molecule has 20 heavy (non-hydrogen) atoms. The Kier molecular flexibility index (Phi) is 2.98. The van der Waals surface area contributed by atoms with Crippen molar-refractivity contribution >= 4 is 10.9 Å². The number of H-pyrrole nitrogens is 1. The molecule has 0 amide bonds. The maximum Gasteiger partial charge on any atom is 0.328 e. The largest absolute Gasteiger partial charge is 0.328 e. The second-order valence-electron chi connectivity index (χ2n) is 4.52. The van der Waals surface area contributed by atoms with Crippen LogP contribution in [0.3, 0.4) is 0 Å². The van der Waals surface area contributed by atoms with Crippen LogP contribution in [0, 0.1) is 0 Å². The van der Waals surface area contributed by atoms with E-state index in [4.69, 9.17) is 0 Å². The number of nitrogens with zero attached hydrogens (tertiary/aromatic N) is 3. The van der Waals surface area contributed by atoms with Crippen molar-refractivity contribution in [3.8, 4) is 0 Å². The van der Waals surface area contributed by atoms with Gasteiger partial charge in [0.25, 0.3) is 5.56 Å². The van der Waals surface area contributed by atoms with Crippen LogP contribution in [0.2, 0.25) is 0 Å². The van der Waals surface area contributed by atoms with Crippen LogP contribution in [0.15, 0.2) is 46.1 Å². The highest BCUT2D eigenvalue weighted by molar-refractivity contribution is 5.81. The first-order valence-corrected chi connectivity index (χ1v) is 6.43. The van der Waals surface area contributed by atoms with Crippen molar-refractivity contribution in [2.45, 2.75) is 20.0 Å². The summed E-state index contributed by atoms with van der Waals surface area (Å²) < 4.78 is 3.34. The average Bonchev–Trinajstić information content (AvgIpc) is 2.80. The van der Waals surface area contributed by atoms with Gasteiger partial charge in [-0.25, -0.2) is 4.79 Å². The Morgan fingerprint density at radius 1 is 1.20 bits per heavy atom. The summed E-state index contributed by atoms with van der Waals surface area (Å²) in [6.45, 7) is 3.12. The Morgan fingerprint density at radius 2 is 2.00 bits per heavy atom. The predicted molar refractivity (Wildman–Crippen MR) is 75.8 cm³/mol. The zero-order chi connectivity index (χ0) is 14.1. The second-order valence-corrected chi connectivity index (χ2v) is 4.52. The molecule has 0 bridgehead atoms. The highest BCUT2D eigenvalue weighted by Gasteiger charge is 2.10. The van der Waals surface area contributed by atoms with Crippen LogP contribution < -0.4 is 11.2 Å². The minimum atomic E-state index is -0.423. The van der Waals surface area contributed by atoms with Crippen LogP contribution in [-0.2, 0) is 13.1 Å². The Hall–Kier alpha value is -2.63. The molecule has 0 unspecified atom stereocenters. The molecule has 3 aromatic rings. The van der Waals surface area contributed by atoms with Gasteiger partial charge < -0.3 is 0 Å². The summed E-state index contributed by atoms with van der Waals surface area (Å²) in [5.74, 6) is 0. The van der Waals surface area contributed by atoms with Gasteiger partial charge in [0.2, 0.25) is 0 Å². The van der Waals surface area contributed by atoms with Crippen molar-refractivity contribution in [1.82, 2.24) is 19.3 Å². The molecule has 0 radical (unpaired) electrons. The number of aromatic nitrogens is 4. The second kappa shape index (κ2) is 4.80. The maximum absolute atomic E-state index is 11.7. The number of hydrogen-bond donors (Lipinski definition) is 1. The predicted octanol–water partition coefficient (Wildman–Crippen LogP) is 0.954. The molecular weight excluding hydrogens is 256 g/mol. The third-order valence-electron chi connectivity index (χ3n) is 3.25. The van der Waals surface area contributed by atoms with E-state index in [1.54, 1.807) is 0 Å². The van der Waals surface area contributed by atoms with Gasteiger partial charge >= 0.3 is 5.69 Å². The molecule has 6 nitrogen and oxygen atoms in total. The zero-order valence-electron chi connectivity index (χ0n) is 11.0. The number of aryl methyl sites for hydroxylation is 1. The lowest BCUT2D eigenvalue weighted by atomic mass is 10.2. The maximum atomic E-state index is 11.7. The summed E-state index contributed by atoms with van der Waals surface area (Å²) >= 11 is 0. The van der Waals surface area contributed by atoms with Crippen LogP contribution in [0.1, 0.15) is 12.6 Å². The third kappa shape index (κ3) is 2.05.